The number of aliphatic carboxylic acids is 1. The van der Waals surface area contributed by atoms with Crippen molar-refractivity contribution in [2.75, 3.05) is 13.7 Å². The minimum absolute atomic E-state index is 0.0166. The molecule has 0 radical (unpaired) electrons. The van der Waals surface area contributed by atoms with Crippen LogP contribution in [0.2, 0.25) is 0 Å². The third-order valence-corrected chi connectivity index (χ3v) is 15.1. The predicted octanol–water partition coefficient (Wildman–Crippen LogP) is 5.96. The van der Waals surface area contributed by atoms with Crippen LogP contribution in [-0.2, 0) is 42.8 Å². The Hall–Kier alpha value is -1.97. The van der Waals surface area contributed by atoms with Gasteiger partial charge in [-0.25, -0.2) is 0 Å². The van der Waals surface area contributed by atoms with Crippen LogP contribution >= 0.6 is 0 Å². The van der Waals surface area contributed by atoms with Crippen LogP contribution < -0.4 is 5.32 Å². The molecule has 5 aliphatic heterocycles. The molecule has 18 atom stereocenters. The molecule has 1 amide bonds. The Morgan fingerprint density at radius 3 is 2.21 bits per heavy atom. The van der Waals surface area contributed by atoms with Gasteiger partial charge >= 0.3 is 5.97 Å². The first kappa shape index (κ1) is 47.1. The van der Waals surface area contributed by atoms with Crippen molar-refractivity contribution in [1.82, 2.24) is 5.32 Å². The average molecular weight is 822 g/mol. The lowest BCUT2D eigenvalue weighted by atomic mass is 9.72. The minimum atomic E-state index is -1.33. The molecule has 0 saturated carbocycles. The number of nitrogens with one attached hydrogen (secondary N) is 1. The van der Waals surface area contributed by atoms with E-state index in [9.17, 15) is 29.7 Å². The molecular formula is C45H75NO12. The fourth-order valence-electron chi connectivity index (χ4n) is 11.0. The smallest absolute Gasteiger partial charge is 0.309 e. The average Bonchev–Trinajstić information content (AvgIpc) is 3.52. The van der Waals surface area contributed by atoms with Crippen LogP contribution in [0.3, 0.4) is 0 Å². The van der Waals surface area contributed by atoms with Crippen LogP contribution in [-0.4, -0.2) is 112 Å². The molecule has 0 bridgehead atoms. The number of carbonyl (C=O) groups is 3. The number of ketones is 1. The largest absolute Gasteiger partial charge is 0.481 e. The van der Waals surface area contributed by atoms with Gasteiger partial charge in [-0.05, 0) is 89.5 Å². The molecule has 5 heterocycles. The van der Waals surface area contributed by atoms with Gasteiger partial charge in [-0.2, -0.15) is 0 Å². The first-order valence-corrected chi connectivity index (χ1v) is 22.3. The summed E-state index contributed by atoms with van der Waals surface area (Å²) in [4.78, 5) is 39.6. The highest BCUT2D eigenvalue weighted by Gasteiger charge is 2.63. The van der Waals surface area contributed by atoms with E-state index in [2.05, 4.69) is 26.1 Å². The molecule has 58 heavy (non-hydrogen) atoms. The zero-order chi connectivity index (χ0) is 43.0. The van der Waals surface area contributed by atoms with Crippen molar-refractivity contribution in [1.29, 1.82) is 0 Å². The number of rotatable bonds is 15. The number of amides is 1. The normalized spacial score (nSPS) is 43.1. The van der Waals surface area contributed by atoms with Crippen molar-refractivity contribution in [3.05, 3.63) is 12.2 Å². The Kier molecular flexibility index (Phi) is 15.1. The second-order valence-electron chi connectivity index (χ2n) is 18.9. The second-order valence-corrected chi connectivity index (χ2v) is 18.9. The molecule has 4 saturated heterocycles. The maximum Gasteiger partial charge on any atom is 0.309 e. The second kappa shape index (κ2) is 18.6. The number of ether oxygens (including phenoxy) is 6. The summed E-state index contributed by atoms with van der Waals surface area (Å²) in [7, 11) is 1.47. The summed E-state index contributed by atoms with van der Waals surface area (Å²) in [6.07, 6.45) is 6.51. The van der Waals surface area contributed by atoms with Crippen LogP contribution in [0.1, 0.15) is 133 Å². The Bertz CT molecular complexity index is 1480. The number of aliphatic hydroxyl groups excluding tert-OH is 1. The molecule has 2 spiro atoms. The molecule has 0 aliphatic carbocycles. The SMILES string of the molecule is CC[C@@H](C(=O)[C@@H](C)[C@@H](O)[C@H](C)[C@@H]1O[C@@H]([C@@H](CC)C(=O)O)CC[C@@H]1C)[C@H]1O[C@]2(C=C[C@@H](NC(=O)COC)[C@]3(CC[C@@](C)([C@H]4CC[C@](O)(CC)[C@H](C)O4)O3)O2)[C@H](C)C[C@@H]1C. The molecule has 332 valence electrons. The van der Waals surface area contributed by atoms with Crippen LogP contribution in [0.25, 0.3) is 0 Å². The topological polar surface area (TPSA) is 179 Å². The summed E-state index contributed by atoms with van der Waals surface area (Å²) in [5.41, 5.74) is -1.70. The molecule has 0 aromatic carbocycles. The van der Waals surface area contributed by atoms with E-state index in [4.69, 9.17) is 28.4 Å². The van der Waals surface area contributed by atoms with Gasteiger partial charge in [0.2, 0.25) is 5.91 Å². The van der Waals surface area contributed by atoms with Crippen molar-refractivity contribution in [2.24, 2.45) is 41.4 Å². The van der Waals surface area contributed by atoms with E-state index in [1.165, 1.54) is 7.11 Å². The van der Waals surface area contributed by atoms with Gasteiger partial charge in [-0.1, -0.05) is 61.5 Å². The van der Waals surface area contributed by atoms with E-state index < -0.39 is 82.9 Å². The monoisotopic (exact) mass is 822 g/mol. The fraction of sp³-hybridized carbons (Fsp3) is 0.889. The maximum atomic E-state index is 14.6. The van der Waals surface area contributed by atoms with Gasteiger partial charge < -0.3 is 49.1 Å². The van der Waals surface area contributed by atoms with E-state index in [1.54, 1.807) is 6.92 Å². The zero-order valence-corrected chi connectivity index (χ0v) is 37.0. The van der Waals surface area contributed by atoms with Crippen molar-refractivity contribution >= 4 is 17.7 Å². The van der Waals surface area contributed by atoms with Crippen LogP contribution in [0.5, 0.6) is 0 Å². The number of carboxylic acids is 1. The summed E-state index contributed by atoms with van der Waals surface area (Å²) in [6, 6.07) is -0.669. The van der Waals surface area contributed by atoms with Crippen molar-refractivity contribution < 1.29 is 58.1 Å². The van der Waals surface area contributed by atoms with Crippen LogP contribution in [0.4, 0.5) is 0 Å². The number of aliphatic hydroxyl groups is 2. The molecule has 0 aromatic rings. The molecule has 13 heteroatoms. The molecule has 0 unspecified atom stereocenters. The maximum absolute atomic E-state index is 14.6. The van der Waals surface area contributed by atoms with Crippen molar-refractivity contribution in [2.45, 2.75) is 199 Å². The number of carbonyl (C=O) groups excluding carboxylic acids is 2. The summed E-state index contributed by atoms with van der Waals surface area (Å²) in [5, 5.41) is 35.9. The molecular weight excluding hydrogens is 746 g/mol. The van der Waals surface area contributed by atoms with E-state index in [0.29, 0.717) is 57.8 Å². The zero-order valence-electron chi connectivity index (χ0n) is 37.0. The lowest BCUT2D eigenvalue weighted by Gasteiger charge is -2.55. The predicted molar refractivity (Wildman–Crippen MR) is 216 cm³/mol. The van der Waals surface area contributed by atoms with Gasteiger partial charge in [0.05, 0.1) is 53.7 Å². The van der Waals surface area contributed by atoms with Gasteiger partial charge in [0.1, 0.15) is 18.4 Å². The number of Topliss-reactive ketones (excluding diaryl/α,β-unsaturated/α-hetero) is 1. The van der Waals surface area contributed by atoms with Crippen LogP contribution in [0, 0.1) is 41.4 Å². The van der Waals surface area contributed by atoms with E-state index >= 15 is 0 Å². The lowest BCUT2D eigenvalue weighted by molar-refractivity contribution is -0.398. The van der Waals surface area contributed by atoms with Crippen molar-refractivity contribution in [3.63, 3.8) is 0 Å². The van der Waals surface area contributed by atoms with E-state index in [-0.39, 0.29) is 48.3 Å². The molecule has 5 rings (SSSR count). The number of carboxylic acid groups (broad SMARTS) is 1. The quantitative estimate of drug-likeness (QED) is 0.143. The highest BCUT2D eigenvalue weighted by molar-refractivity contribution is 5.84. The van der Waals surface area contributed by atoms with Crippen molar-refractivity contribution in [3.8, 4) is 0 Å². The Morgan fingerprint density at radius 1 is 0.914 bits per heavy atom. The van der Waals surface area contributed by atoms with E-state index in [0.717, 1.165) is 6.42 Å². The number of methoxy groups -OCH3 is 1. The van der Waals surface area contributed by atoms with Gasteiger partial charge in [-0.3, -0.25) is 14.4 Å². The Morgan fingerprint density at radius 2 is 1.60 bits per heavy atom. The van der Waals surface area contributed by atoms with Crippen LogP contribution in [0.15, 0.2) is 12.2 Å². The fourth-order valence-corrected chi connectivity index (χ4v) is 11.0. The van der Waals surface area contributed by atoms with Gasteiger partial charge in [-0.15, -0.1) is 0 Å². The number of hydrogen-bond donors (Lipinski definition) is 4. The lowest BCUT2D eigenvalue weighted by Crippen LogP contribution is -2.66. The molecule has 4 fully saturated rings. The Balaban J connectivity index is 1.38. The highest BCUT2D eigenvalue weighted by atomic mass is 16.8. The molecule has 13 nitrogen and oxygen atoms in total. The summed E-state index contributed by atoms with van der Waals surface area (Å²) in [6.45, 7) is 19.5. The summed E-state index contributed by atoms with van der Waals surface area (Å²) < 4.78 is 39.4. The summed E-state index contributed by atoms with van der Waals surface area (Å²) >= 11 is 0. The van der Waals surface area contributed by atoms with Gasteiger partial charge in [0.15, 0.2) is 11.6 Å². The highest BCUT2D eigenvalue weighted by Crippen LogP contribution is 2.54. The summed E-state index contributed by atoms with van der Waals surface area (Å²) in [5.74, 6) is -6.28. The van der Waals surface area contributed by atoms with Gasteiger partial charge in [0.25, 0.3) is 0 Å². The third kappa shape index (κ3) is 9.13. The molecule has 5 aliphatic rings. The standard InChI is InChI=1S/C45H75NO12/c1-12-31(41(50)51)33-16-15-25(4)39(55-33)29(8)37(48)28(7)38(49)32(13-2)40-26(5)23-27(6)44(56-40)20-17-34(46-36(47)24-53-11)45(58-44)22-21-42(10,57-45)35-18-19-43(52,14-3)30(9)54-35/h17,20,25-35,37,39-40,48,52H,12-16,18-19,21-24H2,1-11H3,(H,46,47)(H,50,51)/t25-,26-,27+,28-,29-,30-,31+,32-,33+,34+,35+,37+,39+,40-,42-,43+,44-,45-/m0/s1. The van der Waals surface area contributed by atoms with E-state index in [1.807, 2.05) is 53.7 Å². The molecule has 4 N–H and O–H groups in total. The first-order chi connectivity index (χ1) is 27.2. The Labute approximate surface area is 346 Å². The first-order valence-electron chi connectivity index (χ1n) is 22.3. The molecule has 0 aromatic heterocycles. The third-order valence-electron chi connectivity index (χ3n) is 15.1. The van der Waals surface area contributed by atoms with Gasteiger partial charge in [0, 0.05) is 37.2 Å². The minimum Gasteiger partial charge on any atom is -0.481 e. The number of hydrogen-bond acceptors (Lipinski definition) is 11.